The fourth-order valence-corrected chi connectivity index (χ4v) is 16.7. The maximum atomic E-state index is 13.3. The zero-order valence-electron chi connectivity index (χ0n) is 37.1. The molecule has 7 rings (SSSR count). The first-order valence-electron chi connectivity index (χ1n) is 22.8. The molecule has 0 aromatic rings. The van der Waals surface area contributed by atoms with Crippen LogP contribution in [0.2, 0.25) is 0 Å². The minimum atomic E-state index is -2.90. The third-order valence-electron chi connectivity index (χ3n) is 18.7. The van der Waals surface area contributed by atoms with Crippen LogP contribution >= 0.6 is 0 Å². The summed E-state index contributed by atoms with van der Waals surface area (Å²) >= 11 is 0. The summed E-state index contributed by atoms with van der Waals surface area (Å²) in [5, 5.41) is 16.0. The van der Waals surface area contributed by atoms with Crippen LogP contribution in [0, 0.1) is 67.5 Å². The van der Waals surface area contributed by atoms with E-state index < -0.39 is 32.6 Å². The van der Waals surface area contributed by atoms with Gasteiger partial charge in [0.05, 0.1) is 36.2 Å². The molecule has 5 fully saturated rings. The topological polar surface area (TPSA) is 126 Å². The average Bonchev–Trinajstić information content (AvgIpc) is 3.56. The highest BCUT2D eigenvalue weighted by Crippen LogP contribution is 2.81. The lowest BCUT2D eigenvalue weighted by molar-refractivity contribution is -0.253. The molecule has 1 heterocycles. The van der Waals surface area contributed by atoms with Gasteiger partial charge in [-0.2, -0.15) is 5.26 Å². The number of allylic oxidation sites excluding steroid dienone is 5. The van der Waals surface area contributed by atoms with Gasteiger partial charge < -0.3 is 19.7 Å². The van der Waals surface area contributed by atoms with E-state index in [1.807, 2.05) is 0 Å². The summed E-state index contributed by atoms with van der Waals surface area (Å²) in [6, 6.07) is 3.20. The van der Waals surface area contributed by atoms with E-state index in [4.69, 9.17) is 9.47 Å². The van der Waals surface area contributed by atoms with Crippen LogP contribution in [0.1, 0.15) is 132 Å². The fourth-order valence-electron chi connectivity index (χ4n) is 15.4. The van der Waals surface area contributed by atoms with Gasteiger partial charge in [0.2, 0.25) is 0 Å². The molecule has 0 amide bonds. The number of rotatable bonds is 10. The number of nitriles is 1. The van der Waals surface area contributed by atoms with E-state index in [2.05, 4.69) is 76.6 Å². The molecule has 9 atom stereocenters. The van der Waals surface area contributed by atoms with Gasteiger partial charge in [0.1, 0.15) is 0 Å². The normalized spacial score (nSPS) is 41.2. The quantitative estimate of drug-likeness (QED) is 0.132. The van der Waals surface area contributed by atoms with Crippen LogP contribution in [-0.4, -0.2) is 81.7 Å². The summed E-state index contributed by atoms with van der Waals surface area (Å²) in [7, 11) is -2.90. The molecule has 0 bridgehead atoms. The number of fused-ring (bicyclic) bond motifs is 7. The number of esters is 2. The first kappa shape index (κ1) is 43.6. The number of sulfone groups is 1. The molecule has 0 aromatic carbocycles. The van der Waals surface area contributed by atoms with E-state index >= 15 is 0 Å². The Morgan fingerprint density at radius 1 is 0.897 bits per heavy atom. The van der Waals surface area contributed by atoms with Crippen LogP contribution in [0.4, 0.5) is 0 Å². The summed E-state index contributed by atoms with van der Waals surface area (Å²) < 4.78 is 35.1. The highest BCUT2D eigenvalue weighted by molar-refractivity contribution is 7.91. The van der Waals surface area contributed by atoms with Gasteiger partial charge in [-0.25, -0.2) is 8.42 Å². The molecular weight excluding hydrogens is 747 g/mol. The Bertz CT molecular complexity index is 1860. The van der Waals surface area contributed by atoms with Crippen molar-refractivity contribution >= 4 is 21.8 Å². The zero-order chi connectivity index (χ0) is 42.2. The molecule has 0 aromatic heterocycles. The number of carbonyl (C=O) groups excluding carboxylic acids is 2. The van der Waals surface area contributed by atoms with Crippen LogP contribution in [0.15, 0.2) is 35.5 Å². The molecule has 58 heavy (non-hydrogen) atoms. The molecule has 1 aliphatic heterocycles. The zero-order valence-corrected chi connectivity index (χ0v) is 37.9. The maximum Gasteiger partial charge on any atom is 0.323 e. The molecular formula is C48H73N3O6S. The second-order valence-corrected chi connectivity index (χ2v) is 23.3. The monoisotopic (exact) mass is 820 g/mol. The van der Waals surface area contributed by atoms with E-state index in [-0.39, 0.29) is 58.3 Å². The molecule has 9 unspecified atom stereocenters. The number of hydrogen-bond acceptors (Lipinski definition) is 9. The summed E-state index contributed by atoms with van der Waals surface area (Å²) in [4.78, 5) is 28.8. The second kappa shape index (κ2) is 15.2. The van der Waals surface area contributed by atoms with E-state index in [9.17, 15) is 23.3 Å². The van der Waals surface area contributed by atoms with Crippen molar-refractivity contribution < 1.29 is 27.5 Å². The fraction of sp³-hybridized carbons (Fsp3) is 0.812. The third kappa shape index (κ3) is 6.26. The molecule has 0 spiro atoms. The van der Waals surface area contributed by atoms with Gasteiger partial charge >= 0.3 is 11.9 Å². The SMILES string of the molecule is C=C(C)C1CCC2(NCCN3CCS(=O)(=O)CC3)CCC3(C)C(CCC4(C#N)C5(C)CC=C(C6=CCC(C(=O)OCC)(C(=O)OCC)CC6)C(C)(C)C5CCC34C)C12. The summed E-state index contributed by atoms with van der Waals surface area (Å²) in [6.07, 6.45) is 15.2. The predicted molar refractivity (Wildman–Crippen MR) is 228 cm³/mol. The number of hydrogen-bond donors (Lipinski definition) is 1. The van der Waals surface area contributed by atoms with Gasteiger partial charge in [-0.1, -0.05) is 58.9 Å². The molecule has 4 saturated carbocycles. The minimum Gasteiger partial charge on any atom is -0.465 e. The van der Waals surface area contributed by atoms with E-state index in [0.29, 0.717) is 49.6 Å². The van der Waals surface area contributed by atoms with E-state index in [1.165, 1.54) is 16.7 Å². The highest BCUT2D eigenvalue weighted by atomic mass is 32.2. The Morgan fingerprint density at radius 2 is 1.57 bits per heavy atom. The van der Waals surface area contributed by atoms with Gasteiger partial charge in [-0.05, 0) is 154 Å². The predicted octanol–water partition coefficient (Wildman–Crippen LogP) is 8.37. The lowest BCUT2D eigenvalue weighted by atomic mass is 9.28. The third-order valence-corrected chi connectivity index (χ3v) is 20.3. The Labute approximate surface area is 350 Å². The summed E-state index contributed by atoms with van der Waals surface area (Å²) in [5.41, 5.74) is 1.49. The van der Waals surface area contributed by atoms with Crippen LogP contribution in [0.25, 0.3) is 0 Å². The Morgan fingerprint density at radius 3 is 2.16 bits per heavy atom. The van der Waals surface area contributed by atoms with Gasteiger partial charge in [0, 0.05) is 31.7 Å². The van der Waals surface area contributed by atoms with Crippen molar-refractivity contribution in [2.24, 2.45) is 56.2 Å². The Kier molecular flexibility index (Phi) is 11.4. The van der Waals surface area contributed by atoms with Crippen molar-refractivity contribution in [3.63, 3.8) is 0 Å². The molecule has 0 radical (unpaired) electrons. The highest BCUT2D eigenvalue weighted by Gasteiger charge is 2.76. The molecule has 10 heteroatoms. The van der Waals surface area contributed by atoms with Crippen molar-refractivity contribution in [1.29, 1.82) is 5.26 Å². The molecule has 6 aliphatic carbocycles. The number of carbonyl (C=O) groups is 2. The van der Waals surface area contributed by atoms with Crippen molar-refractivity contribution in [3.8, 4) is 6.07 Å². The van der Waals surface area contributed by atoms with Crippen molar-refractivity contribution in [1.82, 2.24) is 10.2 Å². The van der Waals surface area contributed by atoms with Gasteiger partial charge in [0.25, 0.3) is 0 Å². The average molecular weight is 820 g/mol. The van der Waals surface area contributed by atoms with E-state index in [1.54, 1.807) is 13.8 Å². The first-order chi connectivity index (χ1) is 27.3. The number of nitrogens with zero attached hydrogens (tertiary/aromatic N) is 2. The lowest BCUT2D eigenvalue weighted by Gasteiger charge is -2.75. The van der Waals surface area contributed by atoms with Crippen molar-refractivity contribution in [3.05, 3.63) is 35.5 Å². The first-order valence-corrected chi connectivity index (χ1v) is 24.6. The minimum absolute atomic E-state index is 0.00632. The van der Waals surface area contributed by atoms with Crippen LogP contribution < -0.4 is 5.32 Å². The molecule has 7 aliphatic rings. The van der Waals surface area contributed by atoms with Crippen LogP contribution in [0.3, 0.4) is 0 Å². The van der Waals surface area contributed by atoms with Gasteiger partial charge in [-0.3, -0.25) is 9.59 Å². The summed E-state index contributed by atoms with van der Waals surface area (Å²) in [6.45, 7) is 26.1. The van der Waals surface area contributed by atoms with Crippen molar-refractivity contribution in [2.75, 3.05) is 50.9 Å². The number of ether oxygens (including phenoxy) is 2. The largest absolute Gasteiger partial charge is 0.465 e. The van der Waals surface area contributed by atoms with Crippen molar-refractivity contribution in [2.45, 2.75) is 138 Å². The Balaban J connectivity index is 1.17. The van der Waals surface area contributed by atoms with Gasteiger partial charge in [-0.15, -0.1) is 0 Å². The maximum absolute atomic E-state index is 13.3. The lowest BCUT2D eigenvalue weighted by Crippen LogP contribution is -2.72. The standard InChI is InChI=1S/C48H73N3O6S/c1-10-56-40(52)46(41(53)57-11-2)20-12-34(13-21-46)36-15-18-44(8)38(42(36,5)6)17-19-45(9)43(7)24-25-47(50-26-27-51-28-30-58(54,55)31-29-51)22-14-35(33(3)4)39(47)37(43)16-23-48(44,45)32-49/h12,15,35,37-39,50H,3,10-11,13-14,16-31H2,1-2,4-9H3. The van der Waals surface area contributed by atoms with Crippen LogP contribution in [-0.2, 0) is 28.9 Å². The molecule has 9 nitrogen and oxygen atoms in total. The summed E-state index contributed by atoms with van der Waals surface area (Å²) in [5.74, 6) is 1.26. The molecule has 322 valence electrons. The number of nitrogens with one attached hydrogen (secondary N) is 1. The van der Waals surface area contributed by atoms with E-state index in [0.717, 1.165) is 70.9 Å². The van der Waals surface area contributed by atoms with Gasteiger partial charge in [0.15, 0.2) is 15.3 Å². The Hall–Kier alpha value is -2.48. The second-order valence-electron chi connectivity index (χ2n) is 21.0. The molecule has 1 N–H and O–H groups in total. The molecule has 1 saturated heterocycles. The van der Waals surface area contributed by atoms with Crippen LogP contribution in [0.5, 0.6) is 0 Å². The smallest absolute Gasteiger partial charge is 0.323 e.